The van der Waals surface area contributed by atoms with E-state index in [0.717, 1.165) is 32.1 Å². The molecule has 10 heteroatoms. The molecule has 2 aromatic rings. The Morgan fingerprint density at radius 3 is 2.75 bits per heavy atom. The SMILES string of the molecule is Cn1nnnc1SCCC(=O)Nc1ccc(F)c(NC(=O)C2CCCCC2)c1. The van der Waals surface area contributed by atoms with E-state index < -0.39 is 5.82 Å². The molecule has 0 aliphatic heterocycles. The number of nitrogens with zero attached hydrogens (tertiary/aromatic N) is 4. The number of carbonyl (C=O) groups is 2. The highest BCUT2D eigenvalue weighted by atomic mass is 32.2. The quantitative estimate of drug-likeness (QED) is 0.686. The normalized spacial score (nSPS) is 14.6. The molecule has 0 atom stereocenters. The Kier molecular flexibility index (Phi) is 6.96. The van der Waals surface area contributed by atoms with E-state index >= 15 is 0 Å². The predicted molar refractivity (Wildman–Crippen MR) is 104 cm³/mol. The van der Waals surface area contributed by atoms with Crippen molar-refractivity contribution in [1.29, 1.82) is 0 Å². The fraction of sp³-hybridized carbons (Fsp3) is 0.500. The third kappa shape index (κ3) is 5.51. The molecule has 0 spiro atoms. The van der Waals surface area contributed by atoms with Crippen molar-refractivity contribution < 1.29 is 14.0 Å². The lowest BCUT2D eigenvalue weighted by atomic mass is 9.88. The van der Waals surface area contributed by atoms with Crippen molar-refractivity contribution in [3.63, 3.8) is 0 Å². The van der Waals surface area contributed by atoms with Crippen molar-refractivity contribution in [2.24, 2.45) is 13.0 Å². The van der Waals surface area contributed by atoms with E-state index in [4.69, 9.17) is 0 Å². The van der Waals surface area contributed by atoms with Gasteiger partial charge in [0.1, 0.15) is 5.82 Å². The number of aryl methyl sites for hydroxylation is 1. The standard InChI is InChI=1S/C18H23FN6O2S/c1-25-18(22-23-24-25)28-10-9-16(26)20-13-7-8-14(19)15(11-13)21-17(27)12-5-3-2-4-6-12/h7-8,11-12H,2-6,9-10H2,1H3,(H,20,26)(H,21,27). The molecule has 1 aromatic carbocycles. The predicted octanol–water partition coefficient (Wildman–Crippen LogP) is 2.99. The lowest BCUT2D eigenvalue weighted by Gasteiger charge is -2.21. The van der Waals surface area contributed by atoms with Crippen molar-refractivity contribution in [1.82, 2.24) is 20.2 Å². The van der Waals surface area contributed by atoms with Gasteiger partial charge in [0.2, 0.25) is 17.0 Å². The van der Waals surface area contributed by atoms with Crippen LogP contribution in [-0.4, -0.2) is 37.8 Å². The van der Waals surface area contributed by atoms with Gasteiger partial charge in [-0.1, -0.05) is 31.0 Å². The zero-order valence-corrected chi connectivity index (χ0v) is 16.5. The van der Waals surface area contributed by atoms with E-state index in [1.54, 1.807) is 7.05 Å². The molecule has 1 aliphatic carbocycles. The first kappa shape index (κ1) is 20.2. The number of benzene rings is 1. The molecule has 1 aliphatic rings. The maximum absolute atomic E-state index is 14.1. The maximum Gasteiger partial charge on any atom is 0.227 e. The second-order valence-corrected chi connectivity index (χ2v) is 7.81. The van der Waals surface area contributed by atoms with Crippen LogP contribution in [0.3, 0.4) is 0 Å². The summed E-state index contributed by atoms with van der Waals surface area (Å²) in [7, 11) is 1.73. The first-order valence-electron chi connectivity index (χ1n) is 9.28. The van der Waals surface area contributed by atoms with Crippen LogP contribution in [0.15, 0.2) is 23.4 Å². The van der Waals surface area contributed by atoms with Crippen LogP contribution in [0.5, 0.6) is 0 Å². The van der Waals surface area contributed by atoms with Crippen molar-refractivity contribution in [3.8, 4) is 0 Å². The Morgan fingerprint density at radius 1 is 1.25 bits per heavy atom. The molecule has 1 saturated carbocycles. The highest BCUT2D eigenvalue weighted by Gasteiger charge is 2.22. The van der Waals surface area contributed by atoms with Gasteiger partial charge in [-0.25, -0.2) is 9.07 Å². The number of hydrogen-bond acceptors (Lipinski definition) is 6. The number of aromatic nitrogens is 4. The molecule has 8 nitrogen and oxygen atoms in total. The Hall–Kier alpha value is -2.49. The first-order chi connectivity index (χ1) is 13.5. The third-order valence-corrected chi connectivity index (χ3v) is 5.64. The molecule has 0 radical (unpaired) electrons. The molecule has 0 bridgehead atoms. The molecule has 2 N–H and O–H groups in total. The van der Waals surface area contributed by atoms with E-state index in [9.17, 15) is 14.0 Å². The average molecular weight is 406 g/mol. The van der Waals surface area contributed by atoms with Gasteiger partial charge >= 0.3 is 0 Å². The van der Waals surface area contributed by atoms with Crippen LogP contribution in [0.4, 0.5) is 15.8 Å². The van der Waals surface area contributed by atoms with Gasteiger partial charge in [-0.3, -0.25) is 9.59 Å². The summed E-state index contributed by atoms with van der Waals surface area (Å²) in [6.45, 7) is 0. The van der Waals surface area contributed by atoms with Crippen LogP contribution in [0.1, 0.15) is 38.5 Å². The van der Waals surface area contributed by atoms with Crippen LogP contribution in [0.2, 0.25) is 0 Å². The molecule has 1 heterocycles. The van der Waals surface area contributed by atoms with Gasteiger partial charge in [0.05, 0.1) is 5.69 Å². The number of amides is 2. The van der Waals surface area contributed by atoms with Crippen LogP contribution in [-0.2, 0) is 16.6 Å². The molecular formula is C18H23FN6O2S. The van der Waals surface area contributed by atoms with E-state index in [1.807, 2.05) is 0 Å². The van der Waals surface area contributed by atoms with E-state index in [1.165, 1.54) is 34.6 Å². The van der Waals surface area contributed by atoms with Crippen LogP contribution in [0, 0.1) is 11.7 Å². The van der Waals surface area contributed by atoms with Crippen LogP contribution >= 0.6 is 11.8 Å². The number of hydrogen-bond donors (Lipinski definition) is 2. The summed E-state index contributed by atoms with van der Waals surface area (Å²) in [5.41, 5.74) is 0.531. The Balaban J connectivity index is 1.52. The van der Waals surface area contributed by atoms with Gasteiger partial charge in [-0.05, 0) is 41.5 Å². The van der Waals surface area contributed by atoms with E-state index in [0.29, 0.717) is 16.6 Å². The molecule has 0 unspecified atom stereocenters. The second-order valence-electron chi connectivity index (χ2n) is 6.75. The van der Waals surface area contributed by atoms with Crippen LogP contribution < -0.4 is 10.6 Å². The largest absolute Gasteiger partial charge is 0.326 e. The third-order valence-electron chi connectivity index (χ3n) is 4.63. The van der Waals surface area contributed by atoms with E-state index in [2.05, 4.69) is 26.2 Å². The van der Waals surface area contributed by atoms with Gasteiger partial charge in [0, 0.05) is 30.8 Å². The first-order valence-corrected chi connectivity index (χ1v) is 10.3. The maximum atomic E-state index is 14.1. The number of tetrazole rings is 1. The lowest BCUT2D eigenvalue weighted by molar-refractivity contribution is -0.120. The average Bonchev–Trinajstić information content (AvgIpc) is 3.10. The minimum absolute atomic E-state index is 0.0708. The summed E-state index contributed by atoms with van der Waals surface area (Å²) in [6, 6.07) is 4.17. The number of anilines is 2. The molecule has 1 aromatic heterocycles. The summed E-state index contributed by atoms with van der Waals surface area (Å²) in [6.07, 6.45) is 5.12. The fourth-order valence-electron chi connectivity index (χ4n) is 3.10. The van der Waals surface area contributed by atoms with Crippen molar-refractivity contribution in [3.05, 3.63) is 24.0 Å². The number of carbonyl (C=O) groups excluding carboxylic acids is 2. The molecule has 3 rings (SSSR count). The highest BCUT2D eigenvalue weighted by Crippen LogP contribution is 2.26. The smallest absolute Gasteiger partial charge is 0.227 e. The zero-order valence-electron chi connectivity index (χ0n) is 15.7. The molecule has 0 saturated heterocycles. The zero-order chi connectivity index (χ0) is 19.9. The Morgan fingerprint density at radius 2 is 2.04 bits per heavy atom. The summed E-state index contributed by atoms with van der Waals surface area (Å²) >= 11 is 1.37. The molecule has 28 heavy (non-hydrogen) atoms. The van der Waals surface area contributed by atoms with Gasteiger partial charge in [-0.2, -0.15) is 0 Å². The molecular weight excluding hydrogens is 383 g/mol. The van der Waals surface area contributed by atoms with E-state index in [-0.39, 0.29) is 29.8 Å². The minimum Gasteiger partial charge on any atom is -0.326 e. The van der Waals surface area contributed by atoms with Gasteiger partial charge < -0.3 is 10.6 Å². The summed E-state index contributed by atoms with van der Waals surface area (Å²) in [4.78, 5) is 24.5. The second kappa shape index (κ2) is 9.63. The fourth-order valence-corrected chi connectivity index (χ4v) is 3.89. The number of nitrogens with one attached hydrogen (secondary N) is 2. The monoisotopic (exact) mass is 406 g/mol. The van der Waals surface area contributed by atoms with Crippen molar-refractivity contribution >= 4 is 35.0 Å². The number of halogens is 1. The van der Waals surface area contributed by atoms with Crippen molar-refractivity contribution in [2.75, 3.05) is 16.4 Å². The van der Waals surface area contributed by atoms with Crippen molar-refractivity contribution in [2.45, 2.75) is 43.7 Å². The molecule has 150 valence electrons. The van der Waals surface area contributed by atoms with Gasteiger partial charge in [0.15, 0.2) is 0 Å². The Bertz CT molecular complexity index is 837. The topological polar surface area (TPSA) is 102 Å². The number of thioether (sulfide) groups is 1. The van der Waals surface area contributed by atoms with Gasteiger partial charge in [-0.15, -0.1) is 5.10 Å². The lowest BCUT2D eigenvalue weighted by Crippen LogP contribution is -2.25. The van der Waals surface area contributed by atoms with Crippen LogP contribution in [0.25, 0.3) is 0 Å². The van der Waals surface area contributed by atoms with Gasteiger partial charge in [0.25, 0.3) is 0 Å². The summed E-state index contributed by atoms with van der Waals surface area (Å²) < 4.78 is 15.6. The minimum atomic E-state index is -0.521. The number of rotatable bonds is 7. The summed E-state index contributed by atoms with van der Waals surface area (Å²) in [5.74, 6) is -0.451. The highest BCUT2D eigenvalue weighted by molar-refractivity contribution is 7.99. The summed E-state index contributed by atoms with van der Waals surface area (Å²) in [5, 5.41) is 17.1. The molecule has 2 amide bonds. The molecule has 1 fully saturated rings. The Labute approximate surface area is 166 Å².